The average molecular weight is 387 g/mol. The Hall–Kier alpha value is -3.30. The van der Waals surface area contributed by atoms with Crippen LogP contribution in [0.5, 0.6) is 0 Å². The molecule has 28 heavy (non-hydrogen) atoms. The second-order valence-electron chi connectivity index (χ2n) is 6.50. The van der Waals surface area contributed by atoms with Gasteiger partial charge >= 0.3 is 5.97 Å². The number of fused-ring (bicyclic) bond motifs is 1. The van der Waals surface area contributed by atoms with Gasteiger partial charge in [0, 0.05) is 25.1 Å². The van der Waals surface area contributed by atoms with Crippen molar-refractivity contribution in [2.45, 2.75) is 38.1 Å². The number of anilines is 1. The summed E-state index contributed by atoms with van der Waals surface area (Å²) in [5, 5.41) is 13.6. The first-order chi connectivity index (χ1) is 13.5. The minimum Gasteiger partial charge on any atom is -0.469 e. The molecule has 1 fully saturated rings. The molecular weight excluding hydrogens is 366 g/mol. The van der Waals surface area contributed by atoms with Crippen molar-refractivity contribution in [2.24, 2.45) is 0 Å². The number of piperidine rings is 1. The molecule has 1 aliphatic heterocycles. The number of rotatable bonds is 7. The van der Waals surface area contributed by atoms with Crippen LogP contribution in [0.4, 0.5) is 5.69 Å². The van der Waals surface area contributed by atoms with Crippen LogP contribution in [0.25, 0.3) is 10.9 Å². The highest BCUT2D eigenvalue weighted by Crippen LogP contribution is 2.18. The Kier molecular flexibility index (Phi) is 5.97. The van der Waals surface area contributed by atoms with E-state index in [1.54, 1.807) is 18.2 Å². The van der Waals surface area contributed by atoms with Crippen molar-refractivity contribution in [1.82, 2.24) is 20.3 Å². The lowest BCUT2D eigenvalue weighted by Gasteiger charge is -2.21. The van der Waals surface area contributed by atoms with Gasteiger partial charge in [-0.1, -0.05) is 5.21 Å². The maximum Gasteiger partial charge on any atom is 0.305 e. The lowest BCUT2D eigenvalue weighted by Crippen LogP contribution is -2.45. The molecule has 0 spiro atoms. The molecule has 0 bridgehead atoms. The molecule has 10 nitrogen and oxygen atoms in total. The second-order valence-corrected chi connectivity index (χ2v) is 6.50. The van der Waals surface area contributed by atoms with Gasteiger partial charge in [0.25, 0.3) is 11.5 Å². The molecule has 0 aliphatic carbocycles. The number of nitrogens with zero attached hydrogens (tertiary/aromatic N) is 3. The molecular formula is C18H21N5O5. The van der Waals surface area contributed by atoms with E-state index in [4.69, 9.17) is 0 Å². The van der Waals surface area contributed by atoms with E-state index >= 15 is 0 Å². The molecule has 1 atom stereocenters. The van der Waals surface area contributed by atoms with Gasteiger partial charge in [-0.05, 0) is 37.5 Å². The molecule has 1 unspecified atom stereocenters. The fraction of sp³-hybridized carbons (Fsp3) is 0.444. The quantitative estimate of drug-likeness (QED) is 0.399. The van der Waals surface area contributed by atoms with Crippen LogP contribution in [-0.2, 0) is 19.1 Å². The monoisotopic (exact) mass is 387 g/mol. The van der Waals surface area contributed by atoms with E-state index < -0.39 is 17.5 Å². The van der Waals surface area contributed by atoms with E-state index in [0.717, 1.165) is 16.8 Å². The standard InChI is InChI=1S/C18H21N5O5/c1-28-16(25)4-2-3-9-19-11-5-6-13-12(10-11)18(27)23(22-21-13)14-7-8-15(24)20-17(14)26/h5-6,10,14,19H,2-4,7-9H2,1H3,(H,20,24,26). The predicted octanol–water partition coefficient (Wildman–Crippen LogP) is 0.524. The fourth-order valence-corrected chi connectivity index (χ4v) is 3.01. The number of imide groups is 1. The Morgan fingerprint density at radius 3 is 2.89 bits per heavy atom. The molecule has 1 aliphatic rings. The summed E-state index contributed by atoms with van der Waals surface area (Å²) in [7, 11) is 1.36. The Morgan fingerprint density at radius 2 is 2.14 bits per heavy atom. The van der Waals surface area contributed by atoms with Gasteiger partial charge in [0.2, 0.25) is 5.91 Å². The van der Waals surface area contributed by atoms with Crippen LogP contribution in [0, 0.1) is 0 Å². The zero-order valence-corrected chi connectivity index (χ0v) is 15.4. The highest BCUT2D eigenvalue weighted by Gasteiger charge is 2.30. The molecule has 2 amide bonds. The zero-order valence-electron chi connectivity index (χ0n) is 15.4. The number of aromatic nitrogens is 3. The first-order valence-corrected chi connectivity index (χ1v) is 9.03. The molecule has 1 saturated heterocycles. The first kappa shape index (κ1) is 19.5. The number of methoxy groups -OCH3 is 1. The minimum absolute atomic E-state index is 0.149. The topological polar surface area (TPSA) is 132 Å². The summed E-state index contributed by atoms with van der Waals surface area (Å²) < 4.78 is 5.63. The lowest BCUT2D eigenvalue weighted by atomic mass is 10.1. The summed E-state index contributed by atoms with van der Waals surface area (Å²) in [5.41, 5.74) is 0.712. The van der Waals surface area contributed by atoms with Crippen molar-refractivity contribution in [3.05, 3.63) is 28.6 Å². The van der Waals surface area contributed by atoms with Crippen LogP contribution in [0.15, 0.2) is 23.0 Å². The van der Waals surface area contributed by atoms with E-state index in [1.807, 2.05) is 0 Å². The normalized spacial score (nSPS) is 16.7. The molecule has 148 valence electrons. The maximum atomic E-state index is 12.8. The molecule has 1 aromatic heterocycles. The Labute approximate surface area is 160 Å². The van der Waals surface area contributed by atoms with Crippen molar-refractivity contribution < 1.29 is 19.1 Å². The van der Waals surface area contributed by atoms with Crippen LogP contribution >= 0.6 is 0 Å². The number of benzene rings is 1. The van der Waals surface area contributed by atoms with E-state index in [2.05, 4.69) is 25.7 Å². The van der Waals surface area contributed by atoms with Gasteiger partial charge in [-0.15, -0.1) is 5.10 Å². The summed E-state index contributed by atoms with van der Waals surface area (Å²) >= 11 is 0. The number of hydrogen-bond acceptors (Lipinski definition) is 8. The zero-order chi connectivity index (χ0) is 20.1. The number of nitrogens with one attached hydrogen (secondary N) is 2. The van der Waals surface area contributed by atoms with Gasteiger partial charge in [0.05, 0.1) is 12.5 Å². The van der Waals surface area contributed by atoms with Gasteiger partial charge in [-0.2, -0.15) is 4.68 Å². The smallest absolute Gasteiger partial charge is 0.305 e. The number of ether oxygens (including phenoxy) is 1. The summed E-state index contributed by atoms with van der Waals surface area (Å²) in [6, 6.07) is 4.27. The molecule has 1 aromatic carbocycles. The van der Waals surface area contributed by atoms with Crippen LogP contribution < -0.4 is 16.2 Å². The lowest BCUT2D eigenvalue weighted by molar-refractivity contribution is -0.141. The predicted molar refractivity (Wildman–Crippen MR) is 99.6 cm³/mol. The molecule has 2 heterocycles. The van der Waals surface area contributed by atoms with E-state index in [9.17, 15) is 19.2 Å². The van der Waals surface area contributed by atoms with E-state index in [0.29, 0.717) is 30.3 Å². The second kappa shape index (κ2) is 8.59. The molecule has 0 saturated carbocycles. The summed E-state index contributed by atoms with van der Waals surface area (Å²) in [4.78, 5) is 47.2. The Balaban J connectivity index is 1.73. The van der Waals surface area contributed by atoms with Crippen molar-refractivity contribution >= 4 is 34.4 Å². The molecule has 2 aromatic rings. The molecule has 0 radical (unpaired) electrons. The molecule has 2 N–H and O–H groups in total. The van der Waals surface area contributed by atoms with E-state index in [-0.39, 0.29) is 24.7 Å². The molecule has 10 heteroatoms. The van der Waals surface area contributed by atoms with E-state index in [1.165, 1.54) is 7.11 Å². The number of hydrogen-bond donors (Lipinski definition) is 2. The van der Waals surface area contributed by atoms with Gasteiger partial charge in [-0.25, -0.2) is 0 Å². The maximum absolute atomic E-state index is 12.8. The van der Waals surface area contributed by atoms with Crippen LogP contribution in [0.3, 0.4) is 0 Å². The van der Waals surface area contributed by atoms with Crippen molar-refractivity contribution in [2.75, 3.05) is 19.0 Å². The third-order valence-corrected chi connectivity index (χ3v) is 4.55. The minimum atomic E-state index is -0.850. The third-order valence-electron chi connectivity index (χ3n) is 4.55. The summed E-state index contributed by atoms with van der Waals surface area (Å²) in [6.07, 6.45) is 2.18. The molecule has 3 rings (SSSR count). The van der Waals surface area contributed by atoms with Gasteiger partial charge in [-0.3, -0.25) is 24.5 Å². The Morgan fingerprint density at radius 1 is 1.32 bits per heavy atom. The van der Waals surface area contributed by atoms with Crippen molar-refractivity contribution in [1.29, 1.82) is 0 Å². The van der Waals surface area contributed by atoms with Crippen molar-refractivity contribution in [3.63, 3.8) is 0 Å². The summed E-state index contributed by atoms with van der Waals surface area (Å²) in [5.74, 6) is -1.15. The summed E-state index contributed by atoms with van der Waals surface area (Å²) in [6.45, 7) is 0.627. The first-order valence-electron chi connectivity index (χ1n) is 9.03. The van der Waals surface area contributed by atoms with Gasteiger partial charge < -0.3 is 10.1 Å². The highest BCUT2D eigenvalue weighted by molar-refractivity contribution is 5.99. The van der Waals surface area contributed by atoms with Gasteiger partial charge in [0.1, 0.15) is 11.6 Å². The number of unbranched alkanes of at least 4 members (excludes halogenated alkanes) is 1. The third kappa shape index (κ3) is 4.33. The number of amides is 2. The van der Waals surface area contributed by atoms with Crippen LogP contribution in [0.1, 0.15) is 38.1 Å². The Bertz CT molecular complexity index is 970. The van der Waals surface area contributed by atoms with Crippen LogP contribution in [0.2, 0.25) is 0 Å². The van der Waals surface area contributed by atoms with Crippen molar-refractivity contribution in [3.8, 4) is 0 Å². The largest absolute Gasteiger partial charge is 0.469 e. The fourth-order valence-electron chi connectivity index (χ4n) is 3.01. The number of carbonyl (C=O) groups excluding carboxylic acids is 3. The highest BCUT2D eigenvalue weighted by atomic mass is 16.5. The average Bonchev–Trinajstić information content (AvgIpc) is 2.69. The van der Waals surface area contributed by atoms with Gasteiger partial charge in [0.15, 0.2) is 0 Å². The number of carbonyl (C=O) groups is 3. The van der Waals surface area contributed by atoms with Crippen LogP contribution in [-0.4, -0.2) is 46.4 Å². The number of esters is 1. The SMILES string of the molecule is COC(=O)CCCCNc1ccc2nnn(C3CCC(=O)NC3=O)c(=O)c2c1.